The van der Waals surface area contributed by atoms with Gasteiger partial charge in [-0.25, -0.2) is 4.98 Å². The van der Waals surface area contributed by atoms with Crippen LogP contribution in [0, 0.1) is 19.8 Å². The maximum atomic E-state index is 10.7. The van der Waals surface area contributed by atoms with Crippen LogP contribution < -0.4 is 0 Å². The summed E-state index contributed by atoms with van der Waals surface area (Å²) in [6.07, 6.45) is 0. The third-order valence-electron chi connectivity index (χ3n) is 2.57. The van der Waals surface area contributed by atoms with E-state index >= 15 is 0 Å². The summed E-state index contributed by atoms with van der Waals surface area (Å²) in [5.74, 6) is -0.238. The number of carboxylic acid groups (broad SMARTS) is 1. The minimum absolute atomic E-state index is 0.195. The highest BCUT2D eigenvalue weighted by atomic mass is 16.4. The van der Waals surface area contributed by atoms with Gasteiger partial charge in [0.05, 0.1) is 11.6 Å². The lowest BCUT2D eigenvalue weighted by molar-refractivity contribution is -0.141. The molecule has 0 saturated heterocycles. The zero-order valence-electron chi connectivity index (χ0n) is 8.87. The summed E-state index contributed by atoms with van der Waals surface area (Å²) < 4.78 is 5.37. The van der Waals surface area contributed by atoms with Crippen molar-refractivity contribution in [1.82, 2.24) is 4.98 Å². The molecule has 0 spiro atoms. The molecule has 1 heterocycles. The van der Waals surface area contributed by atoms with Gasteiger partial charge in [-0.3, -0.25) is 4.79 Å². The topological polar surface area (TPSA) is 63.3 Å². The van der Waals surface area contributed by atoms with Crippen LogP contribution >= 0.6 is 0 Å². The van der Waals surface area contributed by atoms with E-state index in [1.54, 1.807) is 6.92 Å². The van der Waals surface area contributed by atoms with E-state index in [4.69, 9.17) is 9.52 Å². The molecule has 0 aliphatic rings. The molecule has 78 valence electrons. The average molecular weight is 197 g/mol. The first-order valence-electron chi connectivity index (χ1n) is 4.60. The largest absolute Gasteiger partial charge is 0.481 e. The van der Waals surface area contributed by atoms with Gasteiger partial charge in [-0.05, 0) is 13.8 Å². The van der Waals surface area contributed by atoms with Crippen molar-refractivity contribution in [3.63, 3.8) is 0 Å². The number of aromatic nitrogens is 1. The predicted molar refractivity (Wildman–Crippen MR) is 51.2 cm³/mol. The van der Waals surface area contributed by atoms with Crippen LogP contribution in [0.2, 0.25) is 0 Å². The summed E-state index contributed by atoms with van der Waals surface area (Å²) in [5.41, 5.74) is 0.824. The quantitative estimate of drug-likeness (QED) is 0.806. The second-order valence-electron chi connectivity index (χ2n) is 3.61. The molecule has 0 aliphatic heterocycles. The van der Waals surface area contributed by atoms with Crippen LogP contribution in [0.25, 0.3) is 0 Å². The number of aliphatic carboxylic acids is 1. The molecule has 2 unspecified atom stereocenters. The van der Waals surface area contributed by atoms with Crippen molar-refractivity contribution in [3.05, 3.63) is 17.3 Å². The van der Waals surface area contributed by atoms with Gasteiger partial charge in [0.15, 0.2) is 5.89 Å². The number of nitrogens with zero attached hydrogens (tertiary/aromatic N) is 1. The Labute approximate surface area is 83.0 Å². The van der Waals surface area contributed by atoms with Crippen LogP contribution in [0.4, 0.5) is 0 Å². The van der Waals surface area contributed by atoms with Gasteiger partial charge in [-0.1, -0.05) is 13.8 Å². The Hall–Kier alpha value is -1.32. The molecule has 1 N–H and O–H groups in total. The number of oxazole rings is 1. The van der Waals surface area contributed by atoms with E-state index in [1.165, 1.54) is 0 Å². The Morgan fingerprint density at radius 1 is 1.43 bits per heavy atom. The van der Waals surface area contributed by atoms with Crippen molar-refractivity contribution in [2.75, 3.05) is 0 Å². The number of aryl methyl sites for hydroxylation is 2. The zero-order valence-corrected chi connectivity index (χ0v) is 8.87. The summed E-state index contributed by atoms with van der Waals surface area (Å²) in [7, 11) is 0. The maximum Gasteiger partial charge on any atom is 0.307 e. The summed E-state index contributed by atoms with van der Waals surface area (Å²) in [6, 6.07) is 0. The number of carboxylic acids is 1. The van der Waals surface area contributed by atoms with Gasteiger partial charge >= 0.3 is 5.97 Å². The summed E-state index contributed by atoms with van der Waals surface area (Å²) >= 11 is 0. The second-order valence-corrected chi connectivity index (χ2v) is 3.61. The number of carbonyl (C=O) groups is 1. The van der Waals surface area contributed by atoms with E-state index in [-0.39, 0.29) is 5.92 Å². The molecule has 0 bridgehead atoms. The Morgan fingerprint density at radius 2 is 2.00 bits per heavy atom. The van der Waals surface area contributed by atoms with E-state index in [2.05, 4.69) is 4.98 Å². The zero-order chi connectivity index (χ0) is 10.9. The first kappa shape index (κ1) is 10.8. The van der Waals surface area contributed by atoms with Crippen molar-refractivity contribution >= 4 is 5.97 Å². The smallest absolute Gasteiger partial charge is 0.307 e. The van der Waals surface area contributed by atoms with Gasteiger partial charge in [-0.2, -0.15) is 0 Å². The fourth-order valence-corrected chi connectivity index (χ4v) is 1.12. The molecular weight excluding hydrogens is 182 g/mol. The molecule has 1 aromatic heterocycles. The fraction of sp³-hybridized carbons (Fsp3) is 0.600. The van der Waals surface area contributed by atoms with Gasteiger partial charge in [0.25, 0.3) is 0 Å². The highest BCUT2D eigenvalue weighted by molar-refractivity contribution is 5.70. The molecule has 1 aromatic rings. The van der Waals surface area contributed by atoms with Crippen LogP contribution in [0.5, 0.6) is 0 Å². The Bertz CT molecular complexity index is 324. The van der Waals surface area contributed by atoms with Crippen LogP contribution in [0.15, 0.2) is 4.42 Å². The monoisotopic (exact) mass is 197 g/mol. The second kappa shape index (κ2) is 3.82. The summed E-state index contributed by atoms with van der Waals surface area (Å²) in [5, 5.41) is 8.82. The first-order valence-corrected chi connectivity index (χ1v) is 4.60. The van der Waals surface area contributed by atoms with Gasteiger partial charge in [-0.15, -0.1) is 0 Å². The predicted octanol–water partition coefficient (Wildman–Crippen LogP) is 2.12. The highest BCUT2D eigenvalue weighted by Crippen LogP contribution is 2.25. The summed E-state index contributed by atoms with van der Waals surface area (Å²) in [4.78, 5) is 14.9. The first-order chi connectivity index (χ1) is 6.43. The van der Waals surface area contributed by atoms with Crippen molar-refractivity contribution in [2.45, 2.75) is 33.6 Å². The van der Waals surface area contributed by atoms with Crippen molar-refractivity contribution in [3.8, 4) is 0 Å². The normalized spacial score (nSPS) is 15.1. The number of hydrogen-bond donors (Lipinski definition) is 1. The molecule has 14 heavy (non-hydrogen) atoms. The Morgan fingerprint density at radius 3 is 2.36 bits per heavy atom. The summed E-state index contributed by atoms with van der Waals surface area (Å²) in [6.45, 7) is 7.13. The minimum atomic E-state index is -0.828. The Balaban J connectivity index is 2.89. The SMILES string of the molecule is Cc1nc(C(C)C(C)C(=O)O)oc1C. The van der Waals surface area contributed by atoms with Gasteiger partial charge in [0, 0.05) is 5.92 Å². The molecule has 1 rings (SSSR count). The third kappa shape index (κ3) is 1.95. The molecule has 0 aromatic carbocycles. The average Bonchev–Trinajstić information content (AvgIpc) is 2.44. The fourth-order valence-electron chi connectivity index (χ4n) is 1.12. The lowest BCUT2D eigenvalue weighted by Gasteiger charge is -2.11. The lowest BCUT2D eigenvalue weighted by atomic mass is 9.96. The molecule has 2 atom stereocenters. The molecule has 0 fully saturated rings. The van der Waals surface area contributed by atoms with E-state index in [0.717, 1.165) is 11.5 Å². The van der Waals surface area contributed by atoms with E-state index in [0.29, 0.717) is 5.89 Å². The molecule has 4 heteroatoms. The minimum Gasteiger partial charge on any atom is -0.481 e. The number of rotatable bonds is 3. The molecule has 0 saturated carbocycles. The van der Waals surface area contributed by atoms with Gasteiger partial charge < -0.3 is 9.52 Å². The van der Waals surface area contributed by atoms with Gasteiger partial charge in [0.1, 0.15) is 5.76 Å². The molecular formula is C10H15NO3. The lowest BCUT2D eigenvalue weighted by Crippen LogP contribution is -2.16. The van der Waals surface area contributed by atoms with Crippen molar-refractivity contribution in [1.29, 1.82) is 0 Å². The molecule has 4 nitrogen and oxygen atoms in total. The molecule has 0 aliphatic carbocycles. The standard InChI is InChI=1S/C10H15NO3/c1-5(6(2)10(12)13)9-11-7(3)8(4)14-9/h5-6H,1-4H3,(H,12,13). The van der Waals surface area contributed by atoms with E-state index in [1.807, 2.05) is 20.8 Å². The third-order valence-corrected chi connectivity index (χ3v) is 2.57. The highest BCUT2D eigenvalue weighted by Gasteiger charge is 2.25. The molecule has 0 amide bonds. The van der Waals surface area contributed by atoms with Gasteiger partial charge in [0.2, 0.25) is 0 Å². The maximum absolute atomic E-state index is 10.7. The van der Waals surface area contributed by atoms with Crippen LogP contribution in [0.1, 0.15) is 37.1 Å². The van der Waals surface area contributed by atoms with Crippen LogP contribution in [-0.2, 0) is 4.79 Å². The van der Waals surface area contributed by atoms with Crippen molar-refractivity contribution in [2.24, 2.45) is 5.92 Å². The Kier molecular flexibility index (Phi) is 2.93. The van der Waals surface area contributed by atoms with E-state index < -0.39 is 11.9 Å². The van der Waals surface area contributed by atoms with Crippen LogP contribution in [-0.4, -0.2) is 16.1 Å². The van der Waals surface area contributed by atoms with E-state index in [9.17, 15) is 4.79 Å². The molecule has 0 radical (unpaired) electrons. The number of hydrogen-bond acceptors (Lipinski definition) is 3. The van der Waals surface area contributed by atoms with Crippen LogP contribution in [0.3, 0.4) is 0 Å². The van der Waals surface area contributed by atoms with Crippen molar-refractivity contribution < 1.29 is 14.3 Å².